The van der Waals surface area contributed by atoms with Crippen molar-refractivity contribution in [1.82, 2.24) is 0 Å². The largest absolute Gasteiger partial charge is 0.477 e. The molecule has 1 saturated heterocycles. The third-order valence-electron chi connectivity index (χ3n) is 2.36. The molecule has 8 heteroatoms. The monoisotopic (exact) mass is 236 g/mol. The van der Waals surface area contributed by atoms with Crippen molar-refractivity contribution in [2.24, 2.45) is 0 Å². The van der Waals surface area contributed by atoms with Gasteiger partial charge in [-0.1, -0.05) is 0 Å². The first kappa shape index (κ1) is 13.0. The highest BCUT2D eigenvalue weighted by atomic mass is 16.7. The summed E-state index contributed by atoms with van der Waals surface area (Å²) in [6, 6.07) is 0. The summed E-state index contributed by atoms with van der Waals surface area (Å²) in [5.41, 5.74) is 0. The van der Waals surface area contributed by atoms with Gasteiger partial charge in [0.25, 0.3) is 5.79 Å². The number of carbonyl (C=O) groups is 2. The summed E-state index contributed by atoms with van der Waals surface area (Å²) in [5, 5.41) is 45.8. The lowest BCUT2D eigenvalue weighted by atomic mass is 9.93. The molecule has 0 bridgehead atoms. The Kier molecular flexibility index (Phi) is 3.61. The summed E-state index contributed by atoms with van der Waals surface area (Å²) in [5.74, 6) is -4.51. The zero-order valence-corrected chi connectivity index (χ0v) is 8.05. The molecule has 1 heterocycles. The van der Waals surface area contributed by atoms with E-state index in [1.165, 1.54) is 0 Å². The molecule has 1 aliphatic heterocycles. The van der Waals surface area contributed by atoms with Crippen molar-refractivity contribution in [2.75, 3.05) is 0 Å². The first-order valence-electron chi connectivity index (χ1n) is 4.45. The van der Waals surface area contributed by atoms with Gasteiger partial charge in [-0.25, -0.2) is 4.79 Å². The summed E-state index contributed by atoms with van der Waals surface area (Å²) < 4.78 is 4.54. The fourth-order valence-corrected chi connectivity index (χ4v) is 1.45. The highest BCUT2D eigenvalue weighted by Gasteiger charge is 2.52. The Morgan fingerprint density at radius 2 is 2.06 bits per heavy atom. The highest BCUT2D eigenvalue weighted by Crippen LogP contribution is 2.29. The van der Waals surface area contributed by atoms with Gasteiger partial charge in [0.15, 0.2) is 6.29 Å². The molecule has 5 atom stereocenters. The molecule has 92 valence electrons. The Morgan fingerprint density at radius 3 is 2.50 bits per heavy atom. The highest BCUT2D eigenvalue weighted by molar-refractivity contribution is 5.75. The lowest BCUT2D eigenvalue weighted by Gasteiger charge is -2.40. The fourth-order valence-electron chi connectivity index (χ4n) is 1.45. The quantitative estimate of drug-likeness (QED) is 0.323. The zero-order valence-electron chi connectivity index (χ0n) is 8.05. The molecule has 0 aliphatic carbocycles. The lowest BCUT2D eigenvalue weighted by molar-refractivity contribution is -0.303. The summed E-state index contributed by atoms with van der Waals surface area (Å²) in [4.78, 5) is 20.9. The van der Waals surface area contributed by atoms with Gasteiger partial charge in [-0.05, 0) is 0 Å². The van der Waals surface area contributed by atoms with Crippen LogP contribution in [0.1, 0.15) is 6.42 Å². The van der Waals surface area contributed by atoms with Crippen LogP contribution in [0.15, 0.2) is 0 Å². The molecule has 0 spiro atoms. The number of aliphatic hydroxyl groups is 4. The molecule has 1 rings (SSSR count). The van der Waals surface area contributed by atoms with Crippen molar-refractivity contribution in [3.8, 4) is 0 Å². The molecule has 0 aromatic carbocycles. The number of ether oxygens (including phenoxy) is 1. The molecule has 0 aromatic rings. The molecule has 8 nitrogen and oxygen atoms in total. The maximum absolute atomic E-state index is 10.6. The van der Waals surface area contributed by atoms with E-state index in [1.54, 1.807) is 0 Å². The van der Waals surface area contributed by atoms with Crippen LogP contribution in [0.25, 0.3) is 0 Å². The van der Waals surface area contributed by atoms with E-state index in [4.69, 9.17) is 10.2 Å². The van der Waals surface area contributed by atoms with E-state index in [-0.39, 0.29) is 6.29 Å². The Hall–Kier alpha value is -1.06. The molecule has 5 N–H and O–H groups in total. The molecule has 16 heavy (non-hydrogen) atoms. The number of hydrogen-bond donors (Lipinski definition) is 5. The van der Waals surface area contributed by atoms with Crippen LogP contribution in [0.2, 0.25) is 0 Å². The molecular weight excluding hydrogens is 224 g/mol. The third kappa shape index (κ3) is 2.20. The summed E-state index contributed by atoms with van der Waals surface area (Å²) in [7, 11) is 0. The summed E-state index contributed by atoms with van der Waals surface area (Å²) in [6.45, 7) is 0. The Bertz CT molecular complexity index is 292. The lowest BCUT2D eigenvalue weighted by Crippen LogP contribution is -2.61. The van der Waals surface area contributed by atoms with Crippen molar-refractivity contribution >= 4 is 12.3 Å². The minimum Gasteiger partial charge on any atom is -0.477 e. The molecule has 0 unspecified atom stereocenters. The summed E-state index contributed by atoms with van der Waals surface area (Å²) >= 11 is 0. The van der Waals surface area contributed by atoms with Crippen molar-refractivity contribution in [3.05, 3.63) is 0 Å². The van der Waals surface area contributed by atoms with E-state index in [1.807, 2.05) is 0 Å². The maximum atomic E-state index is 10.6. The van der Waals surface area contributed by atoms with Gasteiger partial charge in [-0.3, -0.25) is 0 Å². The van der Waals surface area contributed by atoms with Crippen molar-refractivity contribution < 1.29 is 39.9 Å². The topological polar surface area (TPSA) is 145 Å². The van der Waals surface area contributed by atoms with Gasteiger partial charge in [0.05, 0.1) is 6.10 Å². The molecule has 1 aliphatic rings. The predicted octanol–water partition coefficient (Wildman–Crippen LogP) is -3.17. The molecule has 0 radical (unpaired) electrons. The number of carboxylic acids is 1. The second kappa shape index (κ2) is 4.44. The Labute approximate surface area is 89.7 Å². The second-order valence-electron chi connectivity index (χ2n) is 3.56. The van der Waals surface area contributed by atoms with E-state index >= 15 is 0 Å². The summed E-state index contributed by atoms with van der Waals surface area (Å²) in [6.07, 6.45) is -7.55. The van der Waals surface area contributed by atoms with Crippen LogP contribution in [0, 0.1) is 0 Å². The van der Waals surface area contributed by atoms with Gasteiger partial charge in [0, 0.05) is 6.42 Å². The predicted molar refractivity (Wildman–Crippen MR) is 46.2 cm³/mol. The van der Waals surface area contributed by atoms with Crippen molar-refractivity contribution in [1.29, 1.82) is 0 Å². The first-order valence-corrected chi connectivity index (χ1v) is 4.45. The van der Waals surface area contributed by atoms with Crippen molar-refractivity contribution in [3.63, 3.8) is 0 Å². The second-order valence-corrected chi connectivity index (χ2v) is 3.56. The Morgan fingerprint density at radius 1 is 1.50 bits per heavy atom. The molecule has 0 amide bonds. The van der Waals surface area contributed by atoms with E-state index in [0.717, 1.165) is 0 Å². The van der Waals surface area contributed by atoms with Gasteiger partial charge >= 0.3 is 5.97 Å². The molecule has 0 aromatic heterocycles. The molecule has 1 fully saturated rings. The number of carboxylic acid groups (broad SMARTS) is 1. The molecule has 0 saturated carbocycles. The SMILES string of the molecule is O=C[C@@H](O)[C@H]1O[C@@](O)(C(=O)O)C[C@@H](O)[C@H]1O. The average Bonchev–Trinajstić information content (AvgIpc) is 2.22. The van der Waals surface area contributed by atoms with E-state index in [9.17, 15) is 24.9 Å². The molecular formula is C8H12O8. The minimum atomic E-state index is -2.73. The van der Waals surface area contributed by atoms with E-state index < -0.39 is 42.6 Å². The fraction of sp³-hybridized carbons (Fsp3) is 0.750. The number of aliphatic carboxylic acids is 1. The first-order chi connectivity index (χ1) is 7.31. The van der Waals surface area contributed by atoms with Gasteiger partial charge < -0.3 is 35.1 Å². The zero-order chi connectivity index (χ0) is 12.5. The minimum absolute atomic E-state index is 0.00813. The van der Waals surface area contributed by atoms with Crippen LogP contribution in [-0.2, 0) is 14.3 Å². The van der Waals surface area contributed by atoms with Gasteiger partial charge in [0.1, 0.15) is 18.3 Å². The Balaban J connectivity index is 2.93. The average molecular weight is 236 g/mol. The number of hydrogen-bond acceptors (Lipinski definition) is 7. The van der Waals surface area contributed by atoms with Crippen LogP contribution in [0.4, 0.5) is 0 Å². The van der Waals surface area contributed by atoms with Gasteiger partial charge in [0.2, 0.25) is 0 Å². The van der Waals surface area contributed by atoms with Crippen molar-refractivity contribution in [2.45, 2.75) is 36.6 Å². The normalized spacial score (nSPS) is 41.4. The number of aliphatic hydroxyl groups excluding tert-OH is 3. The number of rotatable bonds is 3. The van der Waals surface area contributed by atoms with Crippen LogP contribution in [0.3, 0.4) is 0 Å². The van der Waals surface area contributed by atoms with Gasteiger partial charge in [-0.2, -0.15) is 0 Å². The number of aldehydes is 1. The van der Waals surface area contributed by atoms with Crippen LogP contribution < -0.4 is 0 Å². The van der Waals surface area contributed by atoms with E-state index in [2.05, 4.69) is 4.74 Å². The van der Waals surface area contributed by atoms with Crippen LogP contribution >= 0.6 is 0 Å². The van der Waals surface area contributed by atoms with Crippen LogP contribution in [-0.4, -0.2) is 68.0 Å². The maximum Gasteiger partial charge on any atom is 0.364 e. The van der Waals surface area contributed by atoms with E-state index in [0.29, 0.717) is 0 Å². The standard InChI is InChI=1S/C8H12O8/c9-2-4(11)6-5(12)3(10)1-8(15,16-6)7(13)14/h2-6,10-12,15H,1H2,(H,13,14)/t3-,4-,5-,6-,8-/m1/s1. The van der Waals surface area contributed by atoms with Crippen LogP contribution in [0.5, 0.6) is 0 Å². The van der Waals surface area contributed by atoms with Gasteiger partial charge in [-0.15, -0.1) is 0 Å². The smallest absolute Gasteiger partial charge is 0.364 e. The number of carbonyl (C=O) groups excluding carboxylic acids is 1. The third-order valence-corrected chi connectivity index (χ3v) is 2.36.